The van der Waals surface area contributed by atoms with Crippen LogP contribution in [0.5, 0.6) is 0 Å². The molecule has 2 aromatic rings. The van der Waals surface area contributed by atoms with Gasteiger partial charge in [0.1, 0.15) is 0 Å². The number of nitrogens with one attached hydrogen (secondary N) is 1. The smallest absolute Gasteiger partial charge is 0.0786 e. The summed E-state index contributed by atoms with van der Waals surface area (Å²) in [5, 5.41) is 7.10. The monoisotopic (exact) mass is 216 g/mol. The summed E-state index contributed by atoms with van der Waals surface area (Å²) < 4.78 is 0. The van der Waals surface area contributed by atoms with E-state index in [1.54, 1.807) is 11.8 Å². The summed E-state index contributed by atoms with van der Waals surface area (Å²) in [5.41, 5.74) is 2.25. The molecule has 1 aromatic heterocycles. The van der Waals surface area contributed by atoms with Crippen LogP contribution in [-0.4, -0.2) is 16.0 Å². The fourth-order valence-electron chi connectivity index (χ4n) is 1.34. The van der Waals surface area contributed by atoms with Crippen molar-refractivity contribution >= 4 is 11.8 Å². The molecule has 3 heteroatoms. The zero-order valence-electron chi connectivity index (χ0n) is 8.31. The maximum Gasteiger partial charge on any atom is 0.0786 e. The number of rotatable bonds is 4. The predicted octanol–water partition coefficient (Wildman–Crippen LogP) is 3.35. The van der Waals surface area contributed by atoms with E-state index in [9.17, 15) is 0 Å². The van der Waals surface area contributed by atoms with Gasteiger partial charge in [-0.25, -0.2) is 0 Å². The van der Waals surface area contributed by atoms with Gasteiger partial charge < -0.3 is 0 Å². The third kappa shape index (κ3) is 2.30. The van der Waals surface area contributed by atoms with Crippen molar-refractivity contribution in [2.45, 2.75) is 4.90 Å². The van der Waals surface area contributed by atoms with E-state index in [0.717, 1.165) is 11.4 Å². The Morgan fingerprint density at radius 2 is 2.13 bits per heavy atom. The first kappa shape index (κ1) is 10.1. The third-order valence-corrected chi connectivity index (χ3v) is 3.05. The second-order valence-electron chi connectivity index (χ2n) is 3.07. The maximum absolute atomic E-state index is 4.07. The van der Waals surface area contributed by atoms with Crippen LogP contribution in [0.2, 0.25) is 0 Å². The SMILES string of the molecule is C=CCSc1cn[nH]c1-c1ccccc1. The molecule has 0 aliphatic carbocycles. The number of hydrogen-bond donors (Lipinski definition) is 1. The molecule has 0 aliphatic heterocycles. The molecular formula is C12H12N2S. The molecule has 0 aliphatic rings. The number of nitrogens with zero attached hydrogens (tertiary/aromatic N) is 1. The Morgan fingerprint density at radius 1 is 1.33 bits per heavy atom. The van der Waals surface area contributed by atoms with Crippen LogP contribution in [-0.2, 0) is 0 Å². The topological polar surface area (TPSA) is 28.7 Å². The lowest BCUT2D eigenvalue weighted by Crippen LogP contribution is -1.80. The van der Waals surface area contributed by atoms with E-state index in [-0.39, 0.29) is 0 Å². The van der Waals surface area contributed by atoms with E-state index < -0.39 is 0 Å². The molecule has 0 fully saturated rings. The molecule has 15 heavy (non-hydrogen) atoms. The maximum atomic E-state index is 4.07. The summed E-state index contributed by atoms with van der Waals surface area (Å²) in [6.07, 6.45) is 3.75. The highest BCUT2D eigenvalue weighted by Crippen LogP contribution is 2.28. The number of H-pyrrole nitrogens is 1. The molecule has 1 N–H and O–H groups in total. The molecule has 2 nitrogen and oxygen atoms in total. The third-order valence-electron chi connectivity index (χ3n) is 2.02. The number of thioether (sulfide) groups is 1. The van der Waals surface area contributed by atoms with E-state index in [4.69, 9.17) is 0 Å². The highest BCUT2D eigenvalue weighted by molar-refractivity contribution is 7.99. The minimum Gasteiger partial charge on any atom is -0.277 e. The first-order valence-corrected chi connectivity index (χ1v) is 5.73. The molecule has 0 spiro atoms. The van der Waals surface area contributed by atoms with Crippen LogP contribution < -0.4 is 0 Å². The minimum atomic E-state index is 0.902. The first-order chi connectivity index (χ1) is 7.42. The van der Waals surface area contributed by atoms with Crippen molar-refractivity contribution in [1.29, 1.82) is 0 Å². The standard InChI is InChI=1S/C12H12N2S/c1-2-8-15-11-9-13-14-12(11)10-6-4-3-5-7-10/h2-7,9H,1,8H2,(H,13,14). The molecule has 76 valence electrons. The molecule has 0 amide bonds. The van der Waals surface area contributed by atoms with Crippen LogP contribution in [0, 0.1) is 0 Å². The van der Waals surface area contributed by atoms with Crippen molar-refractivity contribution in [2.75, 3.05) is 5.75 Å². The molecule has 2 rings (SSSR count). The molecule has 0 bridgehead atoms. The molecule has 0 atom stereocenters. The van der Waals surface area contributed by atoms with Gasteiger partial charge in [-0.15, -0.1) is 18.3 Å². The zero-order valence-corrected chi connectivity index (χ0v) is 9.13. The van der Waals surface area contributed by atoms with E-state index in [2.05, 4.69) is 28.9 Å². The van der Waals surface area contributed by atoms with Gasteiger partial charge in [0.25, 0.3) is 0 Å². The fourth-order valence-corrected chi connectivity index (χ4v) is 2.08. The number of aromatic nitrogens is 2. The molecule has 1 aromatic carbocycles. The lowest BCUT2D eigenvalue weighted by atomic mass is 10.2. The van der Waals surface area contributed by atoms with Crippen molar-refractivity contribution in [3.63, 3.8) is 0 Å². The van der Waals surface area contributed by atoms with Crippen molar-refractivity contribution < 1.29 is 0 Å². The van der Waals surface area contributed by atoms with Crippen molar-refractivity contribution in [1.82, 2.24) is 10.2 Å². The van der Waals surface area contributed by atoms with Gasteiger partial charge in [0.2, 0.25) is 0 Å². The largest absolute Gasteiger partial charge is 0.277 e. The first-order valence-electron chi connectivity index (χ1n) is 4.74. The lowest BCUT2D eigenvalue weighted by molar-refractivity contribution is 1.10. The van der Waals surface area contributed by atoms with Crippen LogP contribution in [0.15, 0.2) is 54.1 Å². The van der Waals surface area contributed by atoms with Crippen molar-refractivity contribution in [3.8, 4) is 11.3 Å². The molecule has 0 unspecified atom stereocenters. The highest BCUT2D eigenvalue weighted by atomic mass is 32.2. The normalized spacial score (nSPS) is 10.1. The quantitative estimate of drug-likeness (QED) is 0.627. The van der Waals surface area contributed by atoms with Crippen LogP contribution in [0.4, 0.5) is 0 Å². The van der Waals surface area contributed by atoms with Crippen LogP contribution >= 0.6 is 11.8 Å². The Bertz CT molecular complexity index is 434. The average molecular weight is 216 g/mol. The van der Waals surface area contributed by atoms with Gasteiger partial charge in [0.05, 0.1) is 16.8 Å². The average Bonchev–Trinajstić information content (AvgIpc) is 2.75. The second-order valence-corrected chi connectivity index (χ2v) is 4.14. The number of aromatic amines is 1. The van der Waals surface area contributed by atoms with Crippen molar-refractivity contribution in [2.24, 2.45) is 0 Å². The number of benzene rings is 1. The lowest BCUT2D eigenvalue weighted by Gasteiger charge is -2.00. The van der Waals surface area contributed by atoms with E-state index in [1.165, 1.54) is 10.5 Å². The summed E-state index contributed by atoms with van der Waals surface area (Å²) in [4.78, 5) is 1.17. The van der Waals surface area contributed by atoms with Crippen LogP contribution in [0.3, 0.4) is 0 Å². The molecular weight excluding hydrogens is 204 g/mol. The fraction of sp³-hybridized carbons (Fsp3) is 0.0833. The molecule has 1 heterocycles. The van der Waals surface area contributed by atoms with Gasteiger partial charge in [-0.05, 0) is 0 Å². The Balaban J connectivity index is 2.29. The second kappa shape index (κ2) is 4.84. The van der Waals surface area contributed by atoms with Crippen LogP contribution in [0.1, 0.15) is 0 Å². The van der Waals surface area contributed by atoms with E-state index in [1.807, 2.05) is 30.5 Å². The van der Waals surface area contributed by atoms with E-state index in [0.29, 0.717) is 0 Å². The van der Waals surface area contributed by atoms with Gasteiger partial charge in [-0.2, -0.15) is 5.10 Å². The Labute approximate surface area is 93.4 Å². The zero-order chi connectivity index (χ0) is 10.5. The molecule has 0 saturated carbocycles. The summed E-state index contributed by atoms with van der Waals surface area (Å²) in [6.45, 7) is 3.71. The minimum absolute atomic E-state index is 0.902. The molecule has 0 radical (unpaired) electrons. The summed E-state index contributed by atoms with van der Waals surface area (Å²) >= 11 is 1.74. The summed E-state index contributed by atoms with van der Waals surface area (Å²) in [6, 6.07) is 10.2. The van der Waals surface area contributed by atoms with Gasteiger partial charge >= 0.3 is 0 Å². The Hall–Kier alpha value is -1.48. The predicted molar refractivity (Wildman–Crippen MR) is 64.9 cm³/mol. The van der Waals surface area contributed by atoms with Gasteiger partial charge in [-0.1, -0.05) is 36.4 Å². The van der Waals surface area contributed by atoms with Gasteiger partial charge in [0.15, 0.2) is 0 Å². The molecule has 0 saturated heterocycles. The van der Waals surface area contributed by atoms with Gasteiger partial charge in [0, 0.05) is 11.3 Å². The Kier molecular flexibility index (Phi) is 3.25. The summed E-state index contributed by atoms with van der Waals surface area (Å²) in [5.74, 6) is 0.902. The number of hydrogen-bond acceptors (Lipinski definition) is 2. The van der Waals surface area contributed by atoms with E-state index >= 15 is 0 Å². The van der Waals surface area contributed by atoms with Crippen LogP contribution in [0.25, 0.3) is 11.3 Å². The van der Waals surface area contributed by atoms with Crippen molar-refractivity contribution in [3.05, 3.63) is 49.2 Å². The Morgan fingerprint density at radius 3 is 2.87 bits per heavy atom. The summed E-state index contributed by atoms with van der Waals surface area (Å²) in [7, 11) is 0. The highest BCUT2D eigenvalue weighted by Gasteiger charge is 2.06. The van der Waals surface area contributed by atoms with Gasteiger partial charge in [-0.3, -0.25) is 5.10 Å².